The number of halogens is 2. The molecule has 0 saturated heterocycles. The van der Waals surface area contributed by atoms with Crippen LogP contribution in [0.4, 0.5) is 4.39 Å². The summed E-state index contributed by atoms with van der Waals surface area (Å²) in [7, 11) is 0. The number of hydrogen-bond donors (Lipinski definition) is 1. The molecule has 0 aromatic heterocycles. The first kappa shape index (κ1) is 15.8. The molecule has 0 aliphatic rings. The molecule has 19 heavy (non-hydrogen) atoms. The Morgan fingerprint density at radius 2 is 2.11 bits per heavy atom. The van der Waals surface area contributed by atoms with E-state index in [1.165, 1.54) is 18.2 Å². The summed E-state index contributed by atoms with van der Waals surface area (Å²) in [5.74, 6) is -0.750. The fourth-order valence-electron chi connectivity index (χ4n) is 1.53. The zero-order chi connectivity index (χ0) is 14.5. The van der Waals surface area contributed by atoms with Gasteiger partial charge in [0, 0.05) is 6.07 Å². The first-order valence-electron chi connectivity index (χ1n) is 6.14. The minimum atomic E-state index is -0.793. The second kappa shape index (κ2) is 6.75. The van der Waals surface area contributed by atoms with E-state index in [0.717, 1.165) is 12.8 Å². The fourth-order valence-corrected chi connectivity index (χ4v) is 1.70. The van der Waals surface area contributed by atoms with E-state index in [1.54, 1.807) is 13.8 Å². The summed E-state index contributed by atoms with van der Waals surface area (Å²) < 4.78 is 18.3. The molecule has 0 atom stereocenters. The number of aliphatic carboxylic acids is 1. The minimum absolute atomic E-state index is 0.0320. The summed E-state index contributed by atoms with van der Waals surface area (Å²) in [6.45, 7) is 3.86. The SMILES string of the molecule is CC(C)(CCCCOc1ccc(F)c(Cl)c1)C(=O)O. The Morgan fingerprint density at radius 1 is 1.42 bits per heavy atom. The Bertz CT molecular complexity index is 446. The largest absolute Gasteiger partial charge is 0.494 e. The Morgan fingerprint density at radius 3 is 2.68 bits per heavy atom. The summed E-state index contributed by atoms with van der Waals surface area (Å²) in [4.78, 5) is 10.9. The van der Waals surface area contributed by atoms with Gasteiger partial charge in [-0.25, -0.2) is 4.39 Å². The molecule has 0 unspecified atom stereocenters. The number of unbranched alkanes of at least 4 members (excludes halogenated alkanes) is 1. The average molecular weight is 289 g/mol. The van der Waals surface area contributed by atoms with E-state index in [9.17, 15) is 9.18 Å². The van der Waals surface area contributed by atoms with Crippen LogP contribution < -0.4 is 4.74 Å². The smallest absolute Gasteiger partial charge is 0.309 e. The lowest BCUT2D eigenvalue weighted by Crippen LogP contribution is -2.23. The molecule has 1 aromatic rings. The van der Waals surface area contributed by atoms with Crippen LogP contribution in [0, 0.1) is 11.2 Å². The van der Waals surface area contributed by atoms with Crippen LogP contribution in [-0.2, 0) is 4.79 Å². The Labute approximate surface area is 117 Å². The normalized spacial score (nSPS) is 11.4. The Hall–Kier alpha value is -1.29. The molecule has 0 heterocycles. The predicted octanol–water partition coefficient (Wildman–Crippen LogP) is 4.14. The van der Waals surface area contributed by atoms with Gasteiger partial charge in [0.1, 0.15) is 11.6 Å². The van der Waals surface area contributed by atoms with Crippen molar-refractivity contribution in [1.82, 2.24) is 0 Å². The zero-order valence-electron chi connectivity index (χ0n) is 11.1. The van der Waals surface area contributed by atoms with Gasteiger partial charge in [0.25, 0.3) is 0 Å². The van der Waals surface area contributed by atoms with Crippen LogP contribution in [0.15, 0.2) is 18.2 Å². The van der Waals surface area contributed by atoms with Crippen molar-refractivity contribution in [3.8, 4) is 5.75 Å². The maximum Gasteiger partial charge on any atom is 0.309 e. The van der Waals surface area contributed by atoms with Crippen LogP contribution in [0.5, 0.6) is 5.75 Å². The molecule has 0 radical (unpaired) electrons. The van der Waals surface area contributed by atoms with Gasteiger partial charge in [0.05, 0.1) is 17.0 Å². The third kappa shape index (κ3) is 5.07. The minimum Gasteiger partial charge on any atom is -0.494 e. The molecule has 106 valence electrons. The van der Waals surface area contributed by atoms with E-state index in [0.29, 0.717) is 18.8 Å². The standard InChI is InChI=1S/C14H18ClFO3/c1-14(2,13(17)18)7-3-4-8-19-10-5-6-12(16)11(15)9-10/h5-6,9H,3-4,7-8H2,1-2H3,(H,17,18). The number of carboxylic acid groups (broad SMARTS) is 1. The maximum absolute atomic E-state index is 12.9. The highest BCUT2D eigenvalue weighted by Gasteiger charge is 2.25. The van der Waals surface area contributed by atoms with E-state index in [1.807, 2.05) is 0 Å². The summed E-state index contributed by atoms with van der Waals surface area (Å²) in [6.07, 6.45) is 2.09. The van der Waals surface area contributed by atoms with E-state index >= 15 is 0 Å². The first-order chi connectivity index (χ1) is 8.83. The van der Waals surface area contributed by atoms with Crippen molar-refractivity contribution in [2.75, 3.05) is 6.61 Å². The van der Waals surface area contributed by atoms with Crippen molar-refractivity contribution in [1.29, 1.82) is 0 Å². The zero-order valence-corrected chi connectivity index (χ0v) is 11.8. The Balaban J connectivity index is 2.28. The molecule has 1 aromatic carbocycles. The average Bonchev–Trinajstić information content (AvgIpc) is 2.33. The van der Waals surface area contributed by atoms with Gasteiger partial charge in [-0.3, -0.25) is 4.79 Å². The van der Waals surface area contributed by atoms with Crippen molar-refractivity contribution >= 4 is 17.6 Å². The van der Waals surface area contributed by atoms with Crippen molar-refractivity contribution in [2.45, 2.75) is 33.1 Å². The highest BCUT2D eigenvalue weighted by molar-refractivity contribution is 6.30. The van der Waals surface area contributed by atoms with Crippen LogP contribution in [-0.4, -0.2) is 17.7 Å². The van der Waals surface area contributed by atoms with E-state index in [2.05, 4.69) is 0 Å². The van der Waals surface area contributed by atoms with Crippen molar-refractivity contribution in [3.63, 3.8) is 0 Å². The fraction of sp³-hybridized carbons (Fsp3) is 0.500. The van der Waals surface area contributed by atoms with Gasteiger partial charge in [-0.2, -0.15) is 0 Å². The van der Waals surface area contributed by atoms with Crippen molar-refractivity contribution in [2.24, 2.45) is 5.41 Å². The van der Waals surface area contributed by atoms with Crippen LogP contribution in [0.25, 0.3) is 0 Å². The van der Waals surface area contributed by atoms with Gasteiger partial charge in [-0.1, -0.05) is 11.6 Å². The van der Waals surface area contributed by atoms with Crippen LogP contribution in [0.1, 0.15) is 33.1 Å². The number of rotatable bonds is 7. The number of hydrogen-bond acceptors (Lipinski definition) is 2. The molecule has 0 bridgehead atoms. The van der Waals surface area contributed by atoms with Gasteiger partial charge in [0.2, 0.25) is 0 Å². The summed E-state index contributed by atoms with van der Waals surface area (Å²) >= 11 is 5.63. The summed E-state index contributed by atoms with van der Waals surface area (Å²) in [5, 5.41) is 8.98. The molecular weight excluding hydrogens is 271 g/mol. The highest BCUT2D eigenvalue weighted by atomic mass is 35.5. The highest BCUT2D eigenvalue weighted by Crippen LogP contribution is 2.24. The molecule has 0 fully saturated rings. The van der Waals surface area contributed by atoms with E-state index in [-0.39, 0.29) is 5.02 Å². The predicted molar refractivity (Wildman–Crippen MR) is 72.2 cm³/mol. The lowest BCUT2D eigenvalue weighted by atomic mass is 9.87. The Kier molecular flexibility index (Phi) is 5.60. The maximum atomic E-state index is 12.9. The third-order valence-corrected chi connectivity index (χ3v) is 3.22. The molecule has 1 N–H and O–H groups in total. The molecule has 0 saturated carbocycles. The summed E-state index contributed by atoms with van der Waals surface area (Å²) in [5.41, 5.74) is -0.709. The third-order valence-electron chi connectivity index (χ3n) is 2.93. The van der Waals surface area contributed by atoms with Crippen molar-refractivity contribution in [3.05, 3.63) is 29.0 Å². The monoisotopic (exact) mass is 288 g/mol. The quantitative estimate of drug-likeness (QED) is 0.767. The molecular formula is C14H18ClFO3. The molecule has 0 aliphatic carbocycles. The van der Waals surface area contributed by atoms with Gasteiger partial charge < -0.3 is 9.84 Å². The molecule has 0 amide bonds. The molecule has 3 nitrogen and oxygen atoms in total. The lowest BCUT2D eigenvalue weighted by molar-refractivity contribution is -0.147. The number of benzene rings is 1. The first-order valence-corrected chi connectivity index (χ1v) is 6.52. The van der Waals surface area contributed by atoms with Crippen LogP contribution >= 0.6 is 11.6 Å². The number of carboxylic acids is 1. The molecule has 0 aliphatic heterocycles. The van der Waals surface area contributed by atoms with Crippen LogP contribution in [0.3, 0.4) is 0 Å². The van der Waals surface area contributed by atoms with Gasteiger partial charge in [0.15, 0.2) is 0 Å². The topological polar surface area (TPSA) is 46.5 Å². The van der Waals surface area contributed by atoms with E-state index in [4.69, 9.17) is 21.4 Å². The van der Waals surface area contributed by atoms with Crippen LogP contribution in [0.2, 0.25) is 5.02 Å². The summed E-state index contributed by atoms with van der Waals surface area (Å²) in [6, 6.07) is 4.20. The number of carbonyl (C=O) groups is 1. The van der Waals surface area contributed by atoms with Gasteiger partial charge in [-0.15, -0.1) is 0 Å². The number of ether oxygens (including phenoxy) is 1. The molecule has 0 spiro atoms. The second-order valence-electron chi connectivity index (χ2n) is 5.07. The van der Waals surface area contributed by atoms with Gasteiger partial charge in [-0.05, 0) is 45.2 Å². The molecule has 1 rings (SSSR count). The van der Waals surface area contributed by atoms with Crippen molar-refractivity contribution < 1.29 is 19.0 Å². The molecule has 5 heteroatoms. The van der Waals surface area contributed by atoms with Gasteiger partial charge >= 0.3 is 5.97 Å². The second-order valence-corrected chi connectivity index (χ2v) is 5.48. The van der Waals surface area contributed by atoms with E-state index < -0.39 is 17.2 Å². The lowest BCUT2D eigenvalue weighted by Gasteiger charge is -2.18.